The van der Waals surface area contributed by atoms with E-state index in [1.807, 2.05) is 0 Å². The van der Waals surface area contributed by atoms with Crippen molar-refractivity contribution >= 4 is 0 Å². The van der Waals surface area contributed by atoms with Crippen LogP contribution in [0.5, 0.6) is 0 Å². The Morgan fingerprint density at radius 3 is 2.21 bits per heavy atom. The van der Waals surface area contributed by atoms with Gasteiger partial charge in [0, 0.05) is 37.1 Å². The van der Waals surface area contributed by atoms with Crippen LogP contribution in [-0.4, -0.2) is 24.5 Å². The molecule has 24 heavy (non-hydrogen) atoms. The summed E-state index contributed by atoms with van der Waals surface area (Å²) in [5, 5.41) is 3.94. The molecular weight excluding hydrogens is 292 g/mol. The first-order chi connectivity index (χ1) is 11.6. The third-order valence-electron chi connectivity index (χ3n) is 6.00. The molecule has 2 aromatic carbocycles. The third-order valence-corrected chi connectivity index (χ3v) is 6.00. The lowest BCUT2D eigenvalue weighted by Crippen LogP contribution is -2.57. The molecule has 1 saturated heterocycles. The van der Waals surface area contributed by atoms with Crippen molar-refractivity contribution in [2.24, 2.45) is 0 Å². The Morgan fingerprint density at radius 2 is 1.50 bits per heavy atom. The molecule has 2 heteroatoms. The first-order valence-electron chi connectivity index (χ1n) is 9.20. The van der Waals surface area contributed by atoms with Crippen molar-refractivity contribution in [1.82, 2.24) is 10.2 Å². The van der Waals surface area contributed by atoms with Gasteiger partial charge in [0.1, 0.15) is 0 Å². The molecule has 0 aromatic heterocycles. The average Bonchev–Trinajstić information content (AvgIpc) is 2.62. The molecule has 1 N–H and O–H groups in total. The highest BCUT2D eigenvalue weighted by molar-refractivity contribution is 5.42. The maximum absolute atomic E-state index is 3.94. The van der Waals surface area contributed by atoms with Crippen LogP contribution in [0.2, 0.25) is 0 Å². The second kappa shape index (κ2) is 6.02. The molecule has 0 bridgehead atoms. The summed E-state index contributed by atoms with van der Waals surface area (Å²) in [5.41, 5.74) is 4.91. The molecule has 0 radical (unpaired) electrons. The minimum absolute atomic E-state index is 0.180. The summed E-state index contributed by atoms with van der Waals surface area (Å²) in [4.78, 5) is 2.60. The first kappa shape index (κ1) is 15.9. The summed E-state index contributed by atoms with van der Waals surface area (Å²) in [7, 11) is 0. The molecule has 2 aromatic rings. The van der Waals surface area contributed by atoms with Crippen LogP contribution in [0.1, 0.15) is 43.4 Å². The molecule has 2 aliphatic rings. The van der Waals surface area contributed by atoms with Crippen molar-refractivity contribution in [2.75, 3.05) is 19.6 Å². The lowest BCUT2D eigenvalue weighted by Gasteiger charge is -2.50. The van der Waals surface area contributed by atoms with E-state index < -0.39 is 0 Å². The Morgan fingerprint density at radius 1 is 0.875 bits per heavy atom. The number of likely N-dealkylation sites (tertiary alicyclic amines) is 1. The number of nitrogens with one attached hydrogen (secondary N) is 1. The van der Waals surface area contributed by atoms with E-state index in [9.17, 15) is 0 Å². The van der Waals surface area contributed by atoms with Crippen LogP contribution in [0, 0.1) is 0 Å². The fourth-order valence-corrected chi connectivity index (χ4v) is 4.45. The van der Waals surface area contributed by atoms with Gasteiger partial charge >= 0.3 is 0 Å². The van der Waals surface area contributed by atoms with Gasteiger partial charge in [0.25, 0.3) is 0 Å². The molecule has 0 unspecified atom stereocenters. The summed E-state index contributed by atoms with van der Waals surface area (Å²) < 4.78 is 0. The fraction of sp³-hybridized carbons (Fsp3) is 0.455. The molecule has 2 aliphatic heterocycles. The van der Waals surface area contributed by atoms with Gasteiger partial charge in [-0.25, -0.2) is 0 Å². The summed E-state index contributed by atoms with van der Waals surface area (Å²) in [6, 6.07) is 20.0. The van der Waals surface area contributed by atoms with Gasteiger partial charge in [-0.2, -0.15) is 0 Å². The zero-order valence-electron chi connectivity index (χ0n) is 14.9. The van der Waals surface area contributed by atoms with E-state index in [0.717, 1.165) is 26.2 Å². The van der Waals surface area contributed by atoms with Crippen molar-refractivity contribution < 1.29 is 0 Å². The quantitative estimate of drug-likeness (QED) is 0.898. The molecule has 2 heterocycles. The Hall–Kier alpha value is -1.64. The van der Waals surface area contributed by atoms with E-state index in [-0.39, 0.29) is 11.0 Å². The molecule has 1 fully saturated rings. The Kier molecular flexibility index (Phi) is 3.98. The van der Waals surface area contributed by atoms with E-state index >= 15 is 0 Å². The number of rotatable bonds is 2. The smallest absolute Gasteiger partial charge is 0.0462 e. The minimum atomic E-state index is 0.180. The van der Waals surface area contributed by atoms with Gasteiger partial charge in [0.2, 0.25) is 0 Å². The molecule has 4 rings (SSSR count). The second-order valence-corrected chi connectivity index (χ2v) is 8.13. The molecule has 2 nitrogen and oxygen atoms in total. The average molecular weight is 320 g/mol. The molecular formula is C22H28N2. The Bertz CT molecular complexity index is 697. The van der Waals surface area contributed by atoms with Crippen LogP contribution >= 0.6 is 0 Å². The zero-order valence-corrected chi connectivity index (χ0v) is 14.9. The Balaban J connectivity index is 1.53. The van der Waals surface area contributed by atoms with Crippen molar-refractivity contribution in [3.63, 3.8) is 0 Å². The first-order valence-corrected chi connectivity index (χ1v) is 9.20. The lowest BCUT2D eigenvalue weighted by molar-refractivity contribution is 0.113. The van der Waals surface area contributed by atoms with Crippen molar-refractivity contribution in [3.05, 3.63) is 71.3 Å². The molecule has 126 valence electrons. The van der Waals surface area contributed by atoms with Crippen LogP contribution in [0.15, 0.2) is 54.6 Å². The summed E-state index contributed by atoms with van der Waals surface area (Å²) in [6.45, 7) is 9.19. The SMILES string of the molecule is CC1(C)CNC2(CCN(Cc3ccccc3)CC2)c2ccccc21. The lowest BCUT2D eigenvalue weighted by atomic mass is 9.68. The number of fused-ring (bicyclic) bond motifs is 2. The van der Waals surface area contributed by atoms with Crippen molar-refractivity contribution in [2.45, 2.75) is 44.2 Å². The van der Waals surface area contributed by atoms with Crippen LogP contribution in [0.3, 0.4) is 0 Å². The largest absolute Gasteiger partial charge is 0.306 e. The highest BCUT2D eigenvalue weighted by Gasteiger charge is 2.43. The maximum Gasteiger partial charge on any atom is 0.0462 e. The van der Waals surface area contributed by atoms with Crippen LogP contribution in [0.4, 0.5) is 0 Å². The monoisotopic (exact) mass is 320 g/mol. The van der Waals surface area contributed by atoms with Gasteiger partial charge in [0.15, 0.2) is 0 Å². The highest BCUT2D eigenvalue weighted by Crippen LogP contribution is 2.43. The van der Waals surface area contributed by atoms with E-state index in [2.05, 4.69) is 78.7 Å². The molecule has 0 atom stereocenters. The summed E-state index contributed by atoms with van der Waals surface area (Å²) >= 11 is 0. The van der Waals surface area contributed by atoms with E-state index in [0.29, 0.717) is 0 Å². The van der Waals surface area contributed by atoms with Crippen LogP contribution in [0.25, 0.3) is 0 Å². The summed E-state index contributed by atoms with van der Waals surface area (Å²) in [6.07, 6.45) is 2.40. The van der Waals surface area contributed by atoms with Gasteiger partial charge in [-0.3, -0.25) is 4.90 Å². The molecule has 0 saturated carbocycles. The number of hydrogen-bond donors (Lipinski definition) is 1. The molecule has 0 amide bonds. The van der Waals surface area contributed by atoms with Crippen LogP contribution in [-0.2, 0) is 17.5 Å². The van der Waals surface area contributed by atoms with E-state index in [1.54, 1.807) is 11.1 Å². The number of hydrogen-bond acceptors (Lipinski definition) is 2. The van der Waals surface area contributed by atoms with Gasteiger partial charge in [-0.1, -0.05) is 68.4 Å². The fourth-order valence-electron chi connectivity index (χ4n) is 4.45. The predicted molar refractivity (Wildman–Crippen MR) is 100 cm³/mol. The molecule has 0 aliphatic carbocycles. The van der Waals surface area contributed by atoms with Crippen molar-refractivity contribution in [1.29, 1.82) is 0 Å². The minimum Gasteiger partial charge on any atom is -0.306 e. The Labute approximate surface area is 145 Å². The van der Waals surface area contributed by atoms with E-state index in [1.165, 1.54) is 18.4 Å². The van der Waals surface area contributed by atoms with Crippen LogP contribution < -0.4 is 5.32 Å². The standard InChI is InChI=1S/C22H28N2/c1-21(2)17-23-22(20-11-7-6-10-19(20)21)12-14-24(15-13-22)16-18-8-4-3-5-9-18/h3-11,23H,12-17H2,1-2H3. The second-order valence-electron chi connectivity index (χ2n) is 8.13. The maximum atomic E-state index is 3.94. The zero-order chi connectivity index (χ0) is 16.6. The van der Waals surface area contributed by atoms with E-state index in [4.69, 9.17) is 0 Å². The highest BCUT2D eigenvalue weighted by atomic mass is 15.2. The van der Waals surface area contributed by atoms with Crippen molar-refractivity contribution in [3.8, 4) is 0 Å². The number of piperidine rings is 1. The summed E-state index contributed by atoms with van der Waals surface area (Å²) in [5.74, 6) is 0. The van der Waals surface area contributed by atoms with Gasteiger partial charge in [-0.05, 0) is 29.5 Å². The normalized spacial score (nSPS) is 22.2. The molecule has 1 spiro atoms. The topological polar surface area (TPSA) is 15.3 Å². The van der Waals surface area contributed by atoms with Gasteiger partial charge < -0.3 is 5.32 Å². The van der Waals surface area contributed by atoms with Gasteiger partial charge in [0.05, 0.1) is 0 Å². The predicted octanol–water partition coefficient (Wildman–Crippen LogP) is 4.06. The third kappa shape index (κ3) is 2.78. The van der Waals surface area contributed by atoms with Gasteiger partial charge in [-0.15, -0.1) is 0 Å². The number of nitrogens with zero attached hydrogens (tertiary/aromatic N) is 1. The number of benzene rings is 2.